The first-order valence-electron chi connectivity index (χ1n) is 9.55. The highest BCUT2D eigenvalue weighted by Gasteiger charge is 2.19. The molecule has 4 aromatic rings. The lowest BCUT2D eigenvalue weighted by molar-refractivity contribution is 0.101. The number of carbonyl (C=O) groups is 2. The molecule has 0 saturated heterocycles. The Morgan fingerprint density at radius 2 is 2.06 bits per heavy atom. The quantitative estimate of drug-likeness (QED) is 0.438. The van der Waals surface area contributed by atoms with Crippen LogP contribution >= 0.6 is 11.3 Å². The second-order valence-corrected chi connectivity index (χ2v) is 8.35. The molecule has 0 atom stereocenters. The molecule has 9 heteroatoms. The molecule has 0 radical (unpaired) electrons. The summed E-state index contributed by atoms with van der Waals surface area (Å²) in [5.41, 5.74) is 2.50. The van der Waals surface area contributed by atoms with E-state index >= 15 is 0 Å². The summed E-state index contributed by atoms with van der Waals surface area (Å²) in [6.07, 6.45) is 4.57. The zero-order valence-corrected chi connectivity index (χ0v) is 18.1. The van der Waals surface area contributed by atoms with Gasteiger partial charge < -0.3 is 14.6 Å². The third-order valence-corrected chi connectivity index (χ3v) is 5.80. The summed E-state index contributed by atoms with van der Waals surface area (Å²) in [5, 5.41) is 7.10. The summed E-state index contributed by atoms with van der Waals surface area (Å²) in [4.78, 5) is 32.1. The Morgan fingerprint density at radius 3 is 2.81 bits per heavy atom. The zero-order chi connectivity index (χ0) is 22.0. The highest BCUT2D eigenvalue weighted by molar-refractivity contribution is 7.14. The third kappa shape index (κ3) is 4.56. The molecule has 3 heterocycles. The number of anilines is 2. The third-order valence-electron chi connectivity index (χ3n) is 4.62. The fourth-order valence-electron chi connectivity index (χ4n) is 3.05. The zero-order valence-electron chi connectivity index (χ0n) is 17.3. The number of Topliss-reactive ketones (excluding diaryl/α,β-unsaturated/α-hetero) is 1. The number of hydrogen-bond acceptors (Lipinski definition) is 7. The van der Waals surface area contributed by atoms with Crippen LogP contribution in [0.3, 0.4) is 0 Å². The molecule has 158 valence electrons. The summed E-state index contributed by atoms with van der Waals surface area (Å²) in [5.74, 6) is 0.0710. The molecule has 0 aliphatic heterocycles. The number of aromatic nitrogens is 3. The van der Waals surface area contributed by atoms with Gasteiger partial charge in [0.05, 0.1) is 23.3 Å². The van der Waals surface area contributed by atoms with Crippen molar-refractivity contribution < 1.29 is 14.0 Å². The van der Waals surface area contributed by atoms with E-state index in [0.29, 0.717) is 22.9 Å². The molecule has 0 spiro atoms. The number of rotatable bonds is 7. The van der Waals surface area contributed by atoms with E-state index in [-0.39, 0.29) is 17.4 Å². The highest BCUT2D eigenvalue weighted by atomic mass is 32.1. The molecule has 3 aromatic heterocycles. The van der Waals surface area contributed by atoms with Crippen molar-refractivity contribution in [3.63, 3.8) is 0 Å². The van der Waals surface area contributed by atoms with Crippen LogP contribution < -0.4 is 10.2 Å². The summed E-state index contributed by atoms with van der Waals surface area (Å²) < 4.78 is 7.22. The van der Waals surface area contributed by atoms with Crippen molar-refractivity contribution in [2.75, 3.05) is 24.3 Å². The van der Waals surface area contributed by atoms with Crippen LogP contribution in [0.1, 0.15) is 32.0 Å². The Hall–Kier alpha value is -3.72. The van der Waals surface area contributed by atoms with Crippen LogP contribution in [0.25, 0.3) is 11.3 Å². The van der Waals surface area contributed by atoms with Crippen LogP contribution in [0, 0.1) is 0 Å². The van der Waals surface area contributed by atoms with E-state index < -0.39 is 0 Å². The van der Waals surface area contributed by atoms with Crippen LogP contribution in [0.4, 0.5) is 11.4 Å². The van der Waals surface area contributed by atoms with Crippen LogP contribution in [0.5, 0.6) is 0 Å². The molecule has 0 fully saturated rings. The Bertz CT molecular complexity index is 1240. The lowest BCUT2D eigenvalue weighted by atomic mass is 10.1. The van der Waals surface area contributed by atoms with Crippen molar-refractivity contribution in [1.29, 1.82) is 0 Å². The second-order valence-electron chi connectivity index (χ2n) is 7.18. The van der Waals surface area contributed by atoms with E-state index in [4.69, 9.17) is 4.42 Å². The number of oxazole rings is 1. The van der Waals surface area contributed by atoms with Crippen LogP contribution in [0.15, 0.2) is 59.6 Å². The predicted octanol–water partition coefficient (Wildman–Crippen LogP) is 4.17. The number of thiophene rings is 1. The van der Waals surface area contributed by atoms with Gasteiger partial charge >= 0.3 is 0 Å². The lowest BCUT2D eigenvalue weighted by Crippen LogP contribution is -2.13. The van der Waals surface area contributed by atoms with Gasteiger partial charge in [-0.1, -0.05) is 12.1 Å². The largest absolute Gasteiger partial charge is 0.443 e. The fourth-order valence-corrected chi connectivity index (χ4v) is 3.95. The minimum absolute atomic E-state index is 0.0456. The highest BCUT2D eigenvalue weighted by Crippen LogP contribution is 2.27. The molecule has 8 nitrogen and oxygen atoms in total. The van der Waals surface area contributed by atoms with Gasteiger partial charge in [-0.3, -0.25) is 14.3 Å². The van der Waals surface area contributed by atoms with Crippen molar-refractivity contribution in [3.8, 4) is 11.3 Å². The van der Waals surface area contributed by atoms with E-state index in [1.54, 1.807) is 24.0 Å². The number of nitrogens with zero attached hydrogens (tertiary/aromatic N) is 4. The summed E-state index contributed by atoms with van der Waals surface area (Å²) >= 11 is 1.44. The molecule has 0 aliphatic rings. The Balaban J connectivity index is 1.48. The number of carbonyl (C=O) groups excluding carboxylic acids is 2. The Labute approximate surface area is 183 Å². The Kier molecular flexibility index (Phi) is 5.68. The molecule has 1 amide bonds. The fraction of sp³-hybridized carbons (Fsp3) is 0.182. The van der Waals surface area contributed by atoms with Gasteiger partial charge in [-0.15, -0.1) is 11.3 Å². The monoisotopic (exact) mass is 435 g/mol. The van der Waals surface area contributed by atoms with Gasteiger partial charge in [-0.2, -0.15) is 5.10 Å². The standard InChI is InChI=1S/C22H21N5O3S/c1-14(28)19-8-7-18(31-19)12-27-11-16(10-24-27)25-22(29)20-21(30-13-23-20)15-5-4-6-17(9-15)26(2)3/h4-11,13H,12H2,1-3H3,(H,25,29). The number of ketones is 1. The molecule has 1 aromatic carbocycles. The van der Waals surface area contributed by atoms with Gasteiger partial charge in [-0.25, -0.2) is 4.98 Å². The van der Waals surface area contributed by atoms with Gasteiger partial charge in [0.25, 0.3) is 5.91 Å². The maximum Gasteiger partial charge on any atom is 0.278 e. The van der Waals surface area contributed by atoms with Crippen molar-refractivity contribution >= 4 is 34.4 Å². The van der Waals surface area contributed by atoms with E-state index in [1.807, 2.05) is 55.4 Å². The molecular weight excluding hydrogens is 414 g/mol. The summed E-state index contributed by atoms with van der Waals surface area (Å²) in [6, 6.07) is 11.4. The number of amides is 1. The predicted molar refractivity (Wildman–Crippen MR) is 120 cm³/mol. The topological polar surface area (TPSA) is 93.3 Å². The van der Waals surface area contributed by atoms with Crippen LogP contribution in [0.2, 0.25) is 0 Å². The van der Waals surface area contributed by atoms with Crippen LogP contribution in [-0.4, -0.2) is 40.6 Å². The number of hydrogen-bond donors (Lipinski definition) is 1. The molecular formula is C22H21N5O3S. The first-order chi connectivity index (χ1) is 14.9. The van der Waals surface area contributed by atoms with Gasteiger partial charge in [0.15, 0.2) is 23.6 Å². The summed E-state index contributed by atoms with van der Waals surface area (Å²) in [7, 11) is 3.89. The van der Waals surface area contributed by atoms with E-state index in [1.165, 1.54) is 17.7 Å². The number of benzene rings is 1. The molecule has 4 rings (SSSR count). The Morgan fingerprint density at radius 1 is 1.23 bits per heavy atom. The van der Waals surface area contributed by atoms with Crippen molar-refractivity contribution in [3.05, 3.63) is 70.6 Å². The van der Waals surface area contributed by atoms with Crippen molar-refractivity contribution in [1.82, 2.24) is 14.8 Å². The van der Waals surface area contributed by atoms with Gasteiger partial charge in [-0.05, 0) is 31.2 Å². The van der Waals surface area contributed by atoms with Crippen molar-refractivity contribution in [2.24, 2.45) is 0 Å². The van der Waals surface area contributed by atoms with Gasteiger partial charge in [0.2, 0.25) is 0 Å². The average Bonchev–Trinajstić information content (AvgIpc) is 3.49. The van der Waals surface area contributed by atoms with Crippen molar-refractivity contribution in [2.45, 2.75) is 13.5 Å². The second kappa shape index (κ2) is 8.57. The number of nitrogens with one attached hydrogen (secondary N) is 1. The molecule has 0 unspecified atom stereocenters. The molecule has 31 heavy (non-hydrogen) atoms. The molecule has 0 bridgehead atoms. The molecule has 0 aliphatic carbocycles. The SMILES string of the molecule is CC(=O)c1ccc(Cn2cc(NC(=O)c3ncoc3-c3cccc(N(C)C)c3)cn2)s1. The van der Waals surface area contributed by atoms with E-state index in [0.717, 1.165) is 16.1 Å². The van der Waals surface area contributed by atoms with E-state index in [2.05, 4.69) is 15.4 Å². The smallest absolute Gasteiger partial charge is 0.278 e. The first kappa shape index (κ1) is 20.5. The summed E-state index contributed by atoms with van der Waals surface area (Å²) in [6.45, 7) is 2.06. The lowest BCUT2D eigenvalue weighted by Gasteiger charge is -2.13. The maximum absolute atomic E-state index is 12.8. The normalized spacial score (nSPS) is 10.8. The molecule has 1 N–H and O–H groups in total. The first-order valence-corrected chi connectivity index (χ1v) is 10.4. The van der Waals surface area contributed by atoms with E-state index in [9.17, 15) is 9.59 Å². The minimum Gasteiger partial charge on any atom is -0.443 e. The molecule has 0 saturated carbocycles. The van der Waals surface area contributed by atoms with Gasteiger partial charge in [0.1, 0.15) is 0 Å². The average molecular weight is 436 g/mol. The maximum atomic E-state index is 12.8. The minimum atomic E-state index is -0.381. The van der Waals surface area contributed by atoms with Gasteiger partial charge in [0, 0.05) is 36.4 Å². The van der Waals surface area contributed by atoms with Crippen LogP contribution in [-0.2, 0) is 6.54 Å².